The van der Waals surface area contributed by atoms with E-state index in [4.69, 9.17) is 4.98 Å². The third-order valence-corrected chi connectivity index (χ3v) is 6.38. The van der Waals surface area contributed by atoms with Gasteiger partial charge in [0.25, 0.3) is 0 Å². The molecule has 0 spiro atoms. The Morgan fingerprint density at radius 2 is 1.41 bits per heavy atom. The van der Waals surface area contributed by atoms with Gasteiger partial charge in [-0.2, -0.15) is 0 Å². The summed E-state index contributed by atoms with van der Waals surface area (Å²) in [6.07, 6.45) is 5.00. The minimum atomic E-state index is -0.658. The van der Waals surface area contributed by atoms with Crippen LogP contribution in [0.3, 0.4) is 0 Å². The Morgan fingerprint density at radius 3 is 1.91 bits per heavy atom. The second-order valence-electron chi connectivity index (χ2n) is 10.4. The van der Waals surface area contributed by atoms with Crippen molar-refractivity contribution in [2.75, 3.05) is 13.1 Å². The molecule has 1 aliphatic heterocycles. The molecular formula is C26H38FN5. The summed E-state index contributed by atoms with van der Waals surface area (Å²) in [6, 6.07) is 4.19. The second-order valence-corrected chi connectivity index (χ2v) is 10.4. The number of halogens is 1. The fourth-order valence-electron chi connectivity index (χ4n) is 4.04. The molecule has 1 unspecified atom stereocenters. The van der Waals surface area contributed by atoms with E-state index in [2.05, 4.69) is 66.6 Å². The summed E-state index contributed by atoms with van der Waals surface area (Å²) in [7, 11) is 0. The van der Waals surface area contributed by atoms with Gasteiger partial charge in [-0.15, -0.1) is 0 Å². The van der Waals surface area contributed by atoms with Crippen LogP contribution in [0.2, 0.25) is 0 Å². The first-order chi connectivity index (χ1) is 15.3. The van der Waals surface area contributed by atoms with Gasteiger partial charge in [-0.05, 0) is 63.0 Å². The molecule has 0 amide bonds. The van der Waals surface area contributed by atoms with Crippen molar-refractivity contribution in [3.63, 3.8) is 0 Å². The number of hydrogen-bond acceptors (Lipinski definition) is 5. The van der Waals surface area contributed by atoms with Crippen LogP contribution in [-0.2, 0) is 6.54 Å². The van der Waals surface area contributed by atoms with Crippen LogP contribution in [0.1, 0.15) is 118 Å². The number of alkyl halides is 1. The highest BCUT2D eigenvalue weighted by molar-refractivity contribution is 5.19. The van der Waals surface area contributed by atoms with Crippen LogP contribution in [0.25, 0.3) is 0 Å². The van der Waals surface area contributed by atoms with Gasteiger partial charge in [0.2, 0.25) is 0 Å². The van der Waals surface area contributed by atoms with Crippen molar-refractivity contribution < 1.29 is 4.39 Å². The summed E-state index contributed by atoms with van der Waals surface area (Å²) >= 11 is 0. The SMILES string of the molecule is CC(C)c1cc(CN2CCC(F)C2)nc(C2CC2)n1.Cc1cc(C(C)C)nc(C2CC2)n1. The van der Waals surface area contributed by atoms with Crippen LogP contribution in [0.15, 0.2) is 12.1 Å². The van der Waals surface area contributed by atoms with Gasteiger partial charge in [0.15, 0.2) is 0 Å². The van der Waals surface area contributed by atoms with Gasteiger partial charge in [-0.25, -0.2) is 24.3 Å². The second kappa shape index (κ2) is 9.90. The van der Waals surface area contributed by atoms with E-state index in [0.29, 0.717) is 36.6 Å². The standard InChI is InChI=1S/C15H22FN3.C11H16N2/c1-10(2)14-7-13(9-19-6-5-12(16)8-19)17-15(18-14)11-3-4-11;1-7(2)10-6-8(3)12-11(13-10)9-4-5-9/h7,10-12H,3-6,8-9H2,1-2H3;6-7,9H,4-5H2,1-3H3. The molecule has 174 valence electrons. The van der Waals surface area contributed by atoms with E-state index in [-0.39, 0.29) is 0 Å². The maximum Gasteiger partial charge on any atom is 0.132 e. The lowest BCUT2D eigenvalue weighted by molar-refractivity contribution is 0.279. The molecule has 1 atom stereocenters. The first kappa shape index (κ1) is 23.2. The van der Waals surface area contributed by atoms with Crippen molar-refractivity contribution in [2.45, 2.75) is 103 Å². The molecule has 0 aromatic carbocycles. The first-order valence-electron chi connectivity index (χ1n) is 12.4. The van der Waals surface area contributed by atoms with Crippen molar-refractivity contribution >= 4 is 0 Å². The van der Waals surface area contributed by atoms with E-state index in [1.807, 2.05) is 0 Å². The van der Waals surface area contributed by atoms with Gasteiger partial charge in [0.05, 0.1) is 5.69 Å². The van der Waals surface area contributed by atoms with Gasteiger partial charge >= 0.3 is 0 Å². The number of hydrogen-bond donors (Lipinski definition) is 0. The van der Waals surface area contributed by atoms with Crippen LogP contribution in [0.5, 0.6) is 0 Å². The van der Waals surface area contributed by atoms with Crippen molar-refractivity contribution in [1.29, 1.82) is 0 Å². The number of nitrogens with zero attached hydrogens (tertiary/aromatic N) is 5. The predicted octanol–water partition coefficient (Wildman–Crippen LogP) is 5.81. The van der Waals surface area contributed by atoms with Crippen LogP contribution in [0, 0.1) is 6.92 Å². The fraction of sp³-hybridized carbons (Fsp3) is 0.692. The average Bonchev–Trinajstić information content (AvgIpc) is 3.66. The summed E-state index contributed by atoms with van der Waals surface area (Å²) < 4.78 is 13.2. The van der Waals surface area contributed by atoms with E-state index in [1.165, 1.54) is 31.4 Å². The molecule has 0 N–H and O–H groups in total. The maximum atomic E-state index is 13.2. The largest absolute Gasteiger partial charge is 0.295 e. The Morgan fingerprint density at radius 1 is 0.844 bits per heavy atom. The normalized spacial score (nSPS) is 21.2. The van der Waals surface area contributed by atoms with E-state index >= 15 is 0 Å². The first-order valence-corrected chi connectivity index (χ1v) is 12.4. The van der Waals surface area contributed by atoms with Gasteiger partial charge in [0.1, 0.15) is 17.8 Å². The van der Waals surface area contributed by atoms with Crippen molar-refractivity contribution in [1.82, 2.24) is 24.8 Å². The minimum Gasteiger partial charge on any atom is -0.295 e. The highest BCUT2D eigenvalue weighted by Crippen LogP contribution is 2.39. The van der Waals surface area contributed by atoms with E-state index in [9.17, 15) is 4.39 Å². The summed E-state index contributed by atoms with van der Waals surface area (Å²) in [6.45, 7) is 12.9. The maximum absolute atomic E-state index is 13.2. The summed E-state index contributed by atoms with van der Waals surface area (Å²) in [5.41, 5.74) is 4.49. The molecule has 1 saturated heterocycles. The van der Waals surface area contributed by atoms with Crippen molar-refractivity contribution in [3.8, 4) is 0 Å². The fourth-order valence-corrected chi connectivity index (χ4v) is 4.04. The van der Waals surface area contributed by atoms with Gasteiger partial charge in [0, 0.05) is 48.6 Å². The molecule has 3 aliphatic rings. The molecule has 2 aromatic heterocycles. The summed E-state index contributed by atoms with van der Waals surface area (Å²) in [5.74, 6) is 4.26. The van der Waals surface area contributed by atoms with E-state index < -0.39 is 6.17 Å². The zero-order chi connectivity index (χ0) is 22.8. The molecule has 3 fully saturated rings. The molecule has 2 aromatic rings. The molecule has 3 heterocycles. The minimum absolute atomic E-state index is 0.423. The van der Waals surface area contributed by atoms with Crippen LogP contribution < -0.4 is 0 Å². The van der Waals surface area contributed by atoms with Crippen LogP contribution >= 0.6 is 0 Å². The molecule has 5 nitrogen and oxygen atoms in total. The summed E-state index contributed by atoms with van der Waals surface area (Å²) in [4.78, 5) is 20.6. The Hall–Kier alpha value is -1.95. The number of rotatable bonds is 6. The van der Waals surface area contributed by atoms with Gasteiger partial charge in [-0.3, -0.25) is 4.90 Å². The quantitative estimate of drug-likeness (QED) is 0.569. The molecule has 32 heavy (non-hydrogen) atoms. The van der Waals surface area contributed by atoms with E-state index in [1.54, 1.807) is 0 Å². The highest BCUT2D eigenvalue weighted by Gasteiger charge is 2.29. The molecule has 2 aliphatic carbocycles. The lowest BCUT2D eigenvalue weighted by Gasteiger charge is -2.16. The average molecular weight is 440 g/mol. The van der Waals surface area contributed by atoms with E-state index in [0.717, 1.165) is 41.8 Å². The zero-order valence-electron chi connectivity index (χ0n) is 20.3. The van der Waals surface area contributed by atoms with Crippen LogP contribution in [0.4, 0.5) is 4.39 Å². The monoisotopic (exact) mass is 439 g/mol. The molecular weight excluding hydrogens is 401 g/mol. The van der Waals surface area contributed by atoms with Gasteiger partial charge < -0.3 is 0 Å². The van der Waals surface area contributed by atoms with Crippen molar-refractivity contribution in [3.05, 3.63) is 46.6 Å². The highest BCUT2D eigenvalue weighted by atomic mass is 19.1. The number of likely N-dealkylation sites (tertiary alicyclic amines) is 1. The molecule has 6 heteroatoms. The predicted molar refractivity (Wildman–Crippen MR) is 126 cm³/mol. The Balaban J connectivity index is 0.000000165. The Bertz CT molecular complexity index is 880. The Kier molecular flexibility index (Phi) is 7.18. The molecule has 0 radical (unpaired) electrons. The smallest absolute Gasteiger partial charge is 0.132 e. The third-order valence-electron chi connectivity index (χ3n) is 6.38. The number of aryl methyl sites for hydroxylation is 1. The van der Waals surface area contributed by atoms with Crippen LogP contribution in [-0.4, -0.2) is 44.1 Å². The van der Waals surface area contributed by atoms with Crippen molar-refractivity contribution in [2.24, 2.45) is 0 Å². The third kappa shape index (κ3) is 6.31. The van der Waals surface area contributed by atoms with Gasteiger partial charge in [-0.1, -0.05) is 27.7 Å². The molecule has 2 saturated carbocycles. The molecule has 5 rings (SSSR count). The number of aromatic nitrogens is 4. The topological polar surface area (TPSA) is 54.8 Å². The molecule has 0 bridgehead atoms. The lowest BCUT2D eigenvalue weighted by atomic mass is 10.1. The summed E-state index contributed by atoms with van der Waals surface area (Å²) in [5, 5.41) is 0. The lowest BCUT2D eigenvalue weighted by Crippen LogP contribution is -2.21. The zero-order valence-corrected chi connectivity index (χ0v) is 20.3. The Labute approximate surface area is 192 Å².